The Balaban J connectivity index is 1.44. The summed E-state index contributed by atoms with van der Waals surface area (Å²) in [5, 5.41) is 1.12. The number of hydrogen-bond donors (Lipinski definition) is 1. The van der Waals surface area contributed by atoms with Gasteiger partial charge in [-0.1, -0.05) is 0 Å². The highest BCUT2D eigenvalue weighted by Crippen LogP contribution is 2.37. The van der Waals surface area contributed by atoms with Crippen LogP contribution in [-0.2, 0) is 33.5 Å². The fourth-order valence-electron chi connectivity index (χ4n) is 5.09. The number of carbonyl (C=O) groups is 1. The van der Waals surface area contributed by atoms with Gasteiger partial charge in [-0.25, -0.2) is 22.2 Å². The highest BCUT2D eigenvalue weighted by molar-refractivity contribution is 7.92. The SMILES string of the molecule is O=C(NCc1cc(-c2ccc(C(F)(F)F)nc2)nc(-c2ccc(C(F)(F)F)nc2)c1)[C@@H]1C[C@@H](F)CC1S(=O)(=O)c1ccc(F)cc1. The summed E-state index contributed by atoms with van der Waals surface area (Å²) >= 11 is 0. The van der Waals surface area contributed by atoms with Gasteiger partial charge in [-0.2, -0.15) is 26.3 Å². The molecule has 1 unspecified atom stereocenters. The number of amides is 1. The molecule has 3 aromatic heterocycles. The maximum Gasteiger partial charge on any atom is 0.433 e. The van der Waals surface area contributed by atoms with Gasteiger partial charge in [0.2, 0.25) is 5.91 Å². The number of hydrogen-bond acceptors (Lipinski definition) is 6. The Kier molecular flexibility index (Phi) is 8.86. The summed E-state index contributed by atoms with van der Waals surface area (Å²) in [7, 11) is -4.23. The van der Waals surface area contributed by atoms with Crippen LogP contribution in [0, 0.1) is 11.7 Å². The quantitative estimate of drug-likeness (QED) is 0.176. The fourth-order valence-corrected chi connectivity index (χ4v) is 7.08. The highest BCUT2D eigenvalue weighted by Gasteiger charge is 2.46. The number of alkyl halides is 7. The van der Waals surface area contributed by atoms with Gasteiger partial charge in [0.25, 0.3) is 0 Å². The molecule has 0 spiro atoms. The molecule has 1 aliphatic rings. The van der Waals surface area contributed by atoms with E-state index in [1.165, 1.54) is 12.1 Å². The van der Waals surface area contributed by atoms with E-state index in [2.05, 4.69) is 20.3 Å². The van der Waals surface area contributed by atoms with Crippen LogP contribution in [0.4, 0.5) is 35.1 Å². The number of nitrogens with zero attached hydrogens (tertiary/aromatic N) is 3. The smallest absolute Gasteiger partial charge is 0.352 e. The molecular weight excluding hydrogens is 648 g/mol. The Morgan fingerprint density at radius 1 is 0.804 bits per heavy atom. The molecule has 242 valence electrons. The molecule has 16 heteroatoms. The highest BCUT2D eigenvalue weighted by atomic mass is 32.2. The number of rotatable bonds is 7. The zero-order valence-electron chi connectivity index (χ0n) is 23.3. The zero-order chi connectivity index (χ0) is 33.4. The molecule has 1 aromatic carbocycles. The van der Waals surface area contributed by atoms with Crippen molar-refractivity contribution in [2.45, 2.75) is 48.1 Å². The van der Waals surface area contributed by atoms with Gasteiger partial charge in [0, 0.05) is 30.1 Å². The first-order valence-electron chi connectivity index (χ1n) is 13.5. The number of carbonyl (C=O) groups excluding carboxylic acids is 1. The maximum absolute atomic E-state index is 14.5. The van der Waals surface area contributed by atoms with Crippen molar-refractivity contribution in [2.24, 2.45) is 5.92 Å². The van der Waals surface area contributed by atoms with Crippen molar-refractivity contribution < 1.29 is 48.3 Å². The molecule has 0 bridgehead atoms. The monoisotopic (exact) mass is 670 g/mol. The van der Waals surface area contributed by atoms with Crippen molar-refractivity contribution in [3.05, 3.63) is 95.8 Å². The number of pyridine rings is 3. The first kappa shape index (κ1) is 32.9. The molecule has 1 N–H and O–H groups in total. The standard InChI is InChI=1S/C30H22F8N4O3S/c31-19-3-5-21(6-4-19)46(44,45)25-12-20(32)11-22(25)28(43)41-13-16-9-23(17-1-7-26(39-14-17)29(33,34)35)42-24(10-16)18-2-8-27(40-15-18)30(36,37)38/h1-10,14-15,20,22,25H,11-13H2,(H,41,43)/t20-,22-,25?/m1/s1. The van der Waals surface area contributed by atoms with Crippen molar-refractivity contribution in [1.82, 2.24) is 20.3 Å². The Morgan fingerprint density at radius 2 is 1.33 bits per heavy atom. The van der Waals surface area contributed by atoms with E-state index in [4.69, 9.17) is 0 Å². The second-order valence-corrected chi connectivity index (χ2v) is 12.7. The van der Waals surface area contributed by atoms with Crippen LogP contribution in [0.2, 0.25) is 0 Å². The number of sulfone groups is 1. The molecule has 7 nitrogen and oxygen atoms in total. The van der Waals surface area contributed by atoms with Crippen LogP contribution in [0.3, 0.4) is 0 Å². The molecule has 3 heterocycles. The van der Waals surface area contributed by atoms with Gasteiger partial charge < -0.3 is 5.32 Å². The van der Waals surface area contributed by atoms with Crippen molar-refractivity contribution >= 4 is 15.7 Å². The van der Waals surface area contributed by atoms with E-state index in [1.807, 2.05) is 0 Å². The van der Waals surface area contributed by atoms with Gasteiger partial charge in [0.05, 0.1) is 27.5 Å². The van der Waals surface area contributed by atoms with Gasteiger partial charge in [-0.05, 0) is 79.1 Å². The lowest BCUT2D eigenvalue weighted by molar-refractivity contribution is -0.141. The van der Waals surface area contributed by atoms with Gasteiger partial charge in [-0.15, -0.1) is 0 Å². The minimum absolute atomic E-state index is 0.0596. The molecule has 1 saturated carbocycles. The minimum Gasteiger partial charge on any atom is -0.352 e. The minimum atomic E-state index is -4.71. The summed E-state index contributed by atoms with van der Waals surface area (Å²) < 4.78 is 133. The van der Waals surface area contributed by atoms with E-state index >= 15 is 0 Å². The topological polar surface area (TPSA) is 102 Å². The maximum atomic E-state index is 14.5. The molecule has 0 radical (unpaired) electrons. The second kappa shape index (κ2) is 12.4. The number of nitrogens with one attached hydrogen (secondary N) is 1. The van der Waals surface area contributed by atoms with E-state index in [9.17, 15) is 48.3 Å². The summed E-state index contributed by atoms with van der Waals surface area (Å²) in [6, 6.07) is 10.3. The van der Waals surface area contributed by atoms with Crippen LogP contribution in [0.15, 0.2) is 78.0 Å². The third-order valence-electron chi connectivity index (χ3n) is 7.38. The molecule has 0 aliphatic heterocycles. The average molecular weight is 671 g/mol. The first-order valence-corrected chi connectivity index (χ1v) is 15.1. The van der Waals surface area contributed by atoms with E-state index < -0.39 is 75.5 Å². The predicted molar refractivity (Wildman–Crippen MR) is 148 cm³/mol. The number of benzene rings is 1. The van der Waals surface area contributed by atoms with E-state index in [0.29, 0.717) is 0 Å². The largest absolute Gasteiger partial charge is 0.433 e. The van der Waals surface area contributed by atoms with Crippen molar-refractivity contribution in [2.75, 3.05) is 0 Å². The van der Waals surface area contributed by atoms with Crippen molar-refractivity contribution in [3.8, 4) is 22.5 Å². The number of halogens is 8. The van der Waals surface area contributed by atoms with Crippen molar-refractivity contribution in [3.63, 3.8) is 0 Å². The van der Waals surface area contributed by atoms with Crippen LogP contribution in [0.1, 0.15) is 29.8 Å². The fraction of sp³-hybridized carbons (Fsp3) is 0.267. The van der Waals surface area contributed by atoms with Crippen LogP contribution in [0.5, 0.6) is 0 Å². The third-order valence-corrected chi connectivity index (χ3v) is 9.62. The third kappa shape index (κ3) is 7.16. The van der Waals surface area contributed by atoms with Crippen LogP contribution < -0.4 is 5.32 Å². The van der Waals surface area contributed by atoms with Crippen LogP contribution in [-0.4, -0.2) is 40.7 Å². The molecule has 4 aromatic rings. The summed E-state index contributed by atoms with van der Waals surface area (Å²) in [5.41, 5.74) is -1.71. The predicted octanol–water partition coefficient (Wildman–Crippen LogP) is 6.59. The molecule has 1 aliphatic carbocycles. The van der Waals surface area contributed by atoms with Crippen LogP contribution in [0.25, 0.3) is 22.5 Å². The lowest BCUT2D eigenvalue weighted by Crippen LogP contribution is -2.38. The Morgan fingerprint density at radius 3 is 1.78 bits per heavy atom. The Hall–Kier alpha value is -4.47. The number of aromatic nitrogens is 3. The Labute approximate surface area is 256 Å². The second-order valence-electron chi connectivity index (χ2n) is 10.5. The summed E-state index contributed by atoms with van der Waals surface area (Å²) in [6.45, 7) is -0.291. The van der Waals surface area contributed by atoms with E-state index in [0.717, 1.165) is 60.9 Å². The molecule has 3 atom stereocenters. The van der Waals surface area contributed by atoms with Gasteiger partial charge in [0.15, 0.2) is 9.84 Å². The van der Waals surface area contributed by atoms with Gasteiger partial charge in [0.1, 0.15) is 23.4 Å². The summed E-state index contributed by atoms with van der Waals surface area (Å²) in [4.78, 5) is 24.1. The molecule has 5 rings (SSSR count). The molecule has 1 amide bonds. The average Bonchev–Trinajstić information content (AvgIpc) is 3.42. The van der Waals surface area contributed by atoms with Gasteiger partial charge in [-0.3, -0.25) is 14.8 Å². The van der Waals surface area contributed by atoms with E-state index in [-0.39, 0.29) is 39.5 Å². The lowest BCUT2D eigenvalue weighted by Gasteiger charge is -2.20. The van der Waals surface area contributed by atoms with Gasteiger partial charge >= 0.3 is 12.4 Å². The normalized spacial score (nSPS) is 18.8. The molecule has 46 heavy (non-hydrogen) atoms. The zero-order valence-corrected chi connectivity index (χ0v) is 24.1. The van der Waals surface area contributed by atoms with E-state index in [1.54, 1.807) is 0 Å². The van der Waals surface area contributed by atoms with Crippen LogP contribution >= 0.6 is 0 Å². The molecular formula is C30H22F8N4O3S. The molecule has 0 saturated heterocycles. The summed E-state index contributed by atoms with van der Waals surface area (Å²) in [5.74, 6) is -2.79. The Bertz CT molecular complexity index is 1760. The molecule has 1 fully saturated rings. The summed E-state index contributed by atoms with van der Waals surface area (Å²) in [6.07, 6.45) is -10.1. The van der Waals surface area contributed by atoms with Crippen molar-refractivity contribution in [1.29, 1.82) is 0 Å². The first-order chi connectivity index (χ1) is 21.5. The lowest BCUT2D eigenvalue weighted by atomic mass is 10.0.